The standard InChI is InChI=1S/C25H22F2N4O2S/c1-15-28-10-9-21(29-15)22-11-17-13-34-24(30-23(32)16-5-3-2-4-6-16)31-25(17,14-33-22)19-8-7-18(26)12-20(19)27/h2-10,12,17,22H,11,13-14H2,1H3,(H,30,31,32)/t17-,22+,25-/m0/s1. The van der Waals surface area contributed by atoms with Crippen LogP contribution in [-0.2, 0) is 10.3 Å². The molecule has 174 valence electrons. The van der Waals surface area contributed by atoms with Crippen molar-refractivity contribution in [2.24, 2.45) is 10.9 Å². The molecule has 0 bridgehead atoms. The van der Waals surface area contributed by atoms with Gasteiger partial charge in [-0.1, -0.05) is 36.0 Å². The number of rotatable bonds is 3. The molecular formula is C25H22F2N4O2S. The Morgan fingerprint density at radius 1 is 1.18 bits per heavy atom. The average Bonchev–Trinajstić information content (AvgIpc) is 2.84. The number of aliphatic imine (C=N–C) groups is 1. The van der Waals surface area contributed by atoms with Crippen molar-refractivity contribution in [3.05, 3.63) is 95.1 Å². The topological polar surface area (TPSA) is 76.5 Å². The van der Waals surface area contributed by atoms with Crippen LogP contribution in [0.1, 0.15) is 40.0 Å². The van der Waals surface area contributed by atoms with Gasteiger partial charge in [0.05, 0.1) is 12.3 Å². The molecular weight excluding hydrogens is 458 g/mol. The predicted molar refractivity (Wildman–Crippen MR) is 125 cm³/mol. The van der Waals surface area contributed by atoms with Gasteiger partial charge in [-0.3, -0.25) is 4.79 Å². The van der Waals surface area contributed by atoms with Gasteiger partial charge in [-0.05, 0) is 37.6 Å². The number of carbonyl (C=O) groups is 1. The van der Waals surface area contributed by atoms with E-state index in [9.17, 15) is 9.18 Å². The Labute approximate surface area is 199 Å². The number of nitrogens with zero attached hydrogens (tertiary/aromatic N) is 3. The minimum absolute atomic E-state index is 0.0687. The van der Waals surface area contributed by atoms with Crippen LogP contribution in [0.4, 0.5) is 8.78 Å². The first-order valence-corrected chi connectivity index (χ1v) is 11.9. The summed E-state index contributed by atoms with van der Waals surface area (Å²) < 4.78 is 35.0. The lowest BCUT2D eigenvalue weighted by molar-refractivity contribution is -0.0608. The number of hydrogen-bond donors (Lipinski definition) is 1. The monoisotopic (exact) mass is 480 g/mol. The second-order valence-electron chi connectivity index (χ2n) is 8.36. The smallest absolute Gasteiger partial charge is 0.257 e. The molecule has 0 aliphatic carbocycles. The van der Waals surface area contributed by atoms with E-state index in [2.05, 4.69) is 15.3 Å². The van der Waals surface area contributed by atoms with Crippen molar-refractivity contribution in [2.75, 3.05) is 12.4 Å². The van der Waals surface area contributed by atoms with E-state index in [-0.39, 0.29) is 30.1 Å². The van der Waals surface area contributed by atoms with Crippen LogP contribution in [0.5, 0.6) is 0 Å². The van der Waals surface area contributed by atoms with Crippen LogP contribution in [0, 0.1) is 24.5 Å². The maximum Gasteiger partial charge on any atom is 0.257 e. The van der Waals surface area contributed by atoms with E-state index in [0.717, 1.165) is 11.8 Å². The van der Waals surface area contributed by atoms with Crippen LogP contribution in [0.25, 0.3) is 0 Å². The largest absolute Gasteiger partial charge is 0.369 e. The summed E-state index contributed by atoms with van der Waals surface area (Å²) in [5.41, 5.74) is 0.413. The van der Waals surface area contributed by atoms with Gasteiger partial charge in [0.15, 0.2) is 5.17 Å². The summed E-state index contributed by atoms with van der Waals surface area (Å²) in [6.45, 7) is 1.88. The van der Waals surface area contributed by atoms with Crippen molar-refractivity contribution in [1.29, 1.82) is 0 Å². The molecule has 1 N–H and O–H groups in total. The summed E-state index contributed by atoms with van der Waals surface area (Å²) in [6.07, 6.45) is 1.94. The second-order valence-corrected chi connectivity index (χ2v) is 9.37. The molecule has 0 unspecified atom stereocenters. The van der Waals surface area contributed by atoms with Gasteiger partial charge in [0.2, 0.25) is 0 Å². The van der Waals surface area contributed by atoms with Gasteiger partial charge >= 0.3 is 0 Å². The SMILES string of the molecule is Cc1nccc([C@H]2C[C@H]3CSC(NC(=O)c4ccccc4)=N[C@@]3(c3ccc(F)cc3F)CO2)n1. The number of thioether (sulfide) groups is 1. The van der Waals surface area contributed by atoms with Crippen LogP contribution < -0.4 is 5.32 Å². The third kappa shape index (κ3) is 4.33. The van der Waals surface area contributed by atoms with Crippen LogP contribution in [-0.4, -0.2) is 33.4 Å². The minimum atomic E-state index is -1.10. The Bertz CT molecular complexity index is 1260. The molecule has 5 rings (SSSR count). The Morgan fingerprint density at radius 2 is 2.00 bits per heavy atom. The molecule has 0 radical (unpaired) electrons. The van der Waals surface area contributed by atoms with Gasteiger partial charge in [-0.15, -0.1) is 0 Å². The molecule has 3 heterocycles. The fourth-order valence-electron chi connectivity index (χ4n) is 4.47. The number of ether oxygens (including phenoxy) is 1. The quantitative estimate of drug-likeness (QED) is 0.594. The molecule has 1 saturated heterocycles. The van der Waals surface area contributed by atoms with E-state index in [1.54, 1.807) is 30.5 Å². The number of amidine groups is 1. The molecule has 34 heavy (non-hydrogen) atoms. The molecule has 0 spiro atoms. The zero-order valence-electron chi connectivity index (χ0n) is 18.4. The summed E-state index contributed by atoms with van der Waals surface area (Å²) in [5, 5.41) is 3.23. The molecule has 1 fully saturated rings. The van der Waals surface area contributed by atoms with Gasteiger partial charge in [-0.25, -0.2) is 23.7 Å². The van der Waals surface area contributed by atoms with E-state index < -0.39 is 17.2 Å². The van der Waals surface area contributed by atoms with Crippen molar-refractivity contribution >= 4 is 22.8 Å². The van der Waals surface area contributed by atoms with Crippen molar-refractivity contribution in [3.63, 3.8) is 0 Å². The van der Waals surface area contributed by atoms with Gasteiger partial charge in [-0.2, -0.15) is 0 Å². The molecule has 2 aliphatic heterocycles. The summed E-state index contributed by atoms with van der Waals surface area (Å²) in [6, 6.07) is 14.1. The first kappa shape index (κ1) is 22.6. The fourth-order valence-corrected chi connectivity index (χ4v) is 5.63. The Hall–Kier alpha value is -3.17. The lowest BCUT2D eigenvalue weighted by Crippen LogP contribution is -2.49. The normalized spacial score (nSPS) is 24.1. The number of amides is 1. The first-order chi connectivity index (χ1) is 16.4. The third-order valence-corrected chi connectivity index (χ3v) is 7.22. The minimum Gasteiger partial charge on any atom is -0.369 e. The van der Waals surface area contributed by atoms with E-state index in [1.807, 2.05) is 19.1 Å². The maximum absolute atomic E-state index is 15.0. The predicted octanol–water partition coefficient (Wildman–Crippen LogP) is 4.57. The number of benzene rings is 2. The van der Waals surface area contributed by atoms with Crippen LogP contribution >= 0.6 is 11.8 Å². The van der Waals surface area contributed by atoms with Gasteiger partial charge < -0.3 is 10.1 Å². The Morgan fingerprint density at radius 3 is 2.76 bits per heavy atom. The van der Waals surface area contributed by atoms with Crippen molar-refractivity contribution in [1.82, 2.24) is 15.3 Å². The molecule has 0 saturated carbocycles. The molecule has 2 aromatic carbocycles. The molecule has 9 heteroatoms. The molecule has 3 aromatic rings. The molecule has 1 aromatic heterocycles. The van der Waals surface area contributed by atoms with E-state index in [4.69, 9.17) is 9.73 Å². The molecule has 6 nitrogen and oxygen atoms in total. The number of hydrogen-bond acceptors (Lipinski definition) is 6. The molecule has 3 atom stereocenters. The van der Waals surface area contributed by atoms with Crippen LogP contribution in [0.3, 0.4) is 0 Å². The van der Waals surface area contributed by atoms with Crippen LogP contribution in [0.2, 0.25) is 0 Å². The molecule has 2 aliphatic rings. The molecule has 1 amide bonds. The highest BCUT2D eigenvalue weighted by atomic mass is 32.2. The number of fused-ring (bicyclic) bond motifs is 1. The highest BCUT2D eigenvalue weighted by Crippen LogP contribution is 2.49. The number of nitrogens with one attached hydrogen (secondary N) is 1. The highest BCUT2D eigenvalue weighted by Gasteiger charge is 2.50. The lowest BCUT2D eigenvalue weighted by Gasteiger charge is -2.46. The number of aromatic nitrogens is 2. The van der Waals surface area contributed by atoms with Crippen molar-refractivity contribution in [3.8, 4) is 0 Å². The summed E-state index contributed by atoms with van der Waals surface area (Å²) >= 11 is 1.41. The summed E-state index contributed by atoms with van der Waals surface area (Å²) in [4.78, 5) is 26.2. The third-order valence-electron chi connectivity index (χ3n) is 6.18. The van der Waals surface area contributed by atoms with Gasteiger partial charge in [0.25, 0.3) is 5.91 Å². The van der Waals surface area contributed by atoms with Gasteiger partial charge in [0, 0.05) is 35.1 Å². The summed E-state index contributed by atoms with van der Waals surface area (Å²) in [5.74, 6) is -0.546. The summed E-state index contributed by atoms with van der Waals surface area (Å²) in [7, 11) is 0. The van der Waals surface area contributed by atoms with E-state index in [0.29, 0.717) is 28.7 Å². The van der Waals surface area contributed by atoms with Crippen molar-refractivity contribution < 1.29 is 18.3 Å². The zero-order chi connectivity index (χ0) is 23.7. The number of aryl methyl sites for hydroxylation is 1. The van der Waals surface area contributed by atoms with E-state index in [1.165, 1.54) is 23.9 Å². The Balaban J connectivity index is 1.50. The Kier molecular flexibility index (Phi) is 6.14. The van der Waals surface area contributed by atoms with Crippen LogP contribution in [0.15, 0.2) is 65.8 Å². The van der Waals surface area contributed by atoms with E-state index >= 15 is 4.39 Å². The van der Waals surface area contributed by atoms with Crippen molar-refractivity contribution in [2.45, 2.75) is 25.0 Å². The zero-order valence-corrected chi connectivity index (χ0v) is 19.2. The lowest BCUT2D eigenvalue weighted by atomic mass is 9.74. The fraction of sp³-hybridized carbons (Fsp3) is 0.280. The first-order valence-electron chi connectivity index (χ1n) is 10.9. The number of carbonyl (C=O) groups excluding carboxylic acids is 1. The maximum atomic E-state index is 15.0. The number of halogens is 2. The average molecular weight is 481 g/mol. The van der Waals surface area contributed by atoms with Gasteiger partial charge in [0.1, 0.15) is 29.1 Å². The second kappa shape index (κ2) is 9.23. The highest BCUT2D eigenvalue weighted by molar-refractivity contribution is 8.13.